The molecule has 1 aromatic carbocycles. The lowest BCUT2D eigenvalue weighted by Crippen LogP contribution is -2.43. The molecule has 0 unspecified atom stereocenters. The number of aliphatic carboxylic acids is 1. The van der Waals surface area contributed by atoms with E-state index >= 15 is 0 Å². The number of para-hydroxylation sites is 1. The molecule has 0 bridgehead atoms. The number of thioether (sulfide) groups is 1. The van der Waals surface area contributed by atoms with Gasteiger partial charge in [0, 0.05) is 23.5 Å². The summed E-state index contributed by atoms with van der Waals surface area (Å²) in [6.07, 6.45) is 3.56. The van der Waals surface area contributed by atoms with E-state index in [-0.39, 0.29) is 18.1 Å². The molecule has 11 heteroatoms. The zero-order chi connectivity index (χ0) is 21.6. The summed E-state index contributed by atoms with van der Waals surface area (Å²) in [5.41, 5.74) is 1.77. The fraction of sp³-hybridized carbons (Fsp3) is 0.200. The number of carboxylic acids is 1. The smallest absolute Gasteiger partial charge is 0.326 e. The van der Waals surface area contributed by atoms with Crippen molar-refractivity contribution in [1.82, 2.24) is 20.5 Å². The van der Waals surface area contributed by atoms with Crippen LogP contribution in [0.15, 0.2) is 57.6 Å². The molecule has 0 aliphatic rings. The van der Waals surface area contributed by atoms with Gasteiger partial charge in [0.05, 0.1) is 18.6 Å². The molecule has 4 N–H and O–H groups in total. The number of anilines is 1. The van der Waals surface area contributed by atoms with E-state index in [0.29, 0.717) is 16.0 Å². The predicted octanol–water partition coefficient (Wildman–Crippen LogP) is 3.13. The molecule has 1 amide bonds. The van der Waals surface area contributed by atoms with Crippen LogP contribution < -0.4 is 10.6 Å². The normalized spacial score (nSPS) is 12.0. The lowest BCUT2D eigenvalue weighted by atomic mass is 10.1. The predicted molar refractivity (Wildman–Crippen MR) is 118 cm³/mol. The van der Waals surface area contributed by atoms with Crippen molar-refractivity contribution < 1.29 is 19.1 Å². The van der Waals surface area contributed by atoms with Gasteiger partial charge >= 0.3 is 5.97 Å². The van der Waals surface area contributed by atoms with E-state index in [4.69, 9.17) is 4.42 Å². The van der Waals surface area contributed by atoms with Crippen molar-refractivity contribution in [2.75, 3.05) is 11.1 Å². The molecule has 160 valence electrons. The average Bonchev–Trinajstić information content (AvgIpc) is 3.51. The van der Waals surface area contributed by atoms with Gasteiger partial charge in [-0.05, 0) is 23.8 Å². The van der Waals surface area contributed by atoms with Crippen LogP contribution in [0.5, 0.6) is 0 Å². The first-order valence-corrected chi connectivity index (χ1v) is 11.2. The lowest BCUT2D eigenvalue weighted by molar-refractivity contribution is -0.141. The monoisotopic (exact) mass is 457 g/mol. The third-order valence-electron chi connectivity index (χ3n) is 4.46. The number of hydrogen-bond acceptors (Lipinski definition) is 8. The molecule has 0 aliphatic heterocycles. The summed E-state index contributed by atoms with van der Waals surface area (Å²) in [6, 6.07) is 10.3. The Hall–Kier alpha value is -3.31. The van der Waals surface area contributed by atoms with Crippen molar-refractivity contribution in [2.45, 2.75) is 23.3 Å². The van der Waals surface area contributed by atoms with Crippen LogP contribution in [0.3, 0.4) is 0 Å². The molecule has 0 fully saturated rings. The minimum atomic E-state index is -1.08. The van der Waals surface area contributed by atoms with Gasteiger partial charge < -0.3 is 25.1 Å². The summed E-state index contributed by atoms with van der Waals surface area (Å²) in [5.74, 6) is -0.634. The lowest BCUT2D eigenvalue weighted by Gasteiger charge is -2.13. The van der Waals surface area contributed by atoms with Crippen LogP contribution in [0, 0.1) is 0 Å². The van der Waals surface area contributed by atoms with E-state index in [2.05, 4.69) is 25.8 Å². The highest BCUT2D eigenvalue weighted by Crippen LogP contribution is 2.26. The first-order valence-electron chi connectivity index (χ1n) is 9.38. The van der Waals surface area contributed by atoms with Crippen molar-refractivity contribution in [3.05, 3.63) is 60.2 Å². The molecule has 0 spiro atoms. The van der Waals surface area contributed by atoms with Gasteiger partial charge in [-0.1, -0.05) is 41.3 Å². The molecule has 0 saturated carbocycles. The minimum Gasteiger partial charge on any atom is -0.480 e. The molecule has 4 aromatic rings. The molecule has 3 aromatic heterocycles. The number of amides is 1. The number of carbonyl (C=O) groups excluding carboxylic acids is 1. The molecule has 0 aliphatic carbocycles. The molecule has 9 nitrogen and oxygen atoms in total. The number of carbonyl (C=O) groups is 2. The van der Waals surface area contributed by atoms with Crippen LogP contribution in [-0.2, 0) is 22.6 Å². The number of rotatable bonds is 10. The highest BCUT2D eigenvalue weighted by molar-refractivity contribution is 8.01. The molecule has 0 radical (unpaired) electrons. The Morgan fingerprint density at radius 2 is 2.10 bits per heavy atom. The second-order valence-corrected chi connectivity index (χ2v) is 8.82. The standard InChI is InChI=1S/C20H19N5O4S2/c26-17(11-30-20-25-24-19(31-20)22-10-13-4-3-7-29-13)23-16(18(27)28)8-12-9-21-15-6-2-1-5-14(12)15/h1-7,9,16,21H,8,10-11H2,(H,22,24)(H,23,26)(H,27,28)/t16-/m0/s1. The van der Waals surface area contributed by atoms with E-state index in [9.17, 15) is 14.7 Å². The van der Waals surface area contributed by atoms with Gasteiger partial charge in [0.1, 0.15) is 11.8 Å². The summed E-state index contributed by atoms with van der Waals surface area (Å²) in [6.45, 7) is 0.487. The molecule has 1 atom stereocenters. The van der Waals surface area contributed by atoms with Crippen LogP contribution in [-0.4, -0.2) is 44.0 Å². The Labute approximate surface area is 185 Å². The van der Waals surface area contributed by atoms with Gasteiger partial charge in [-0.2, -0.15) is 0 Å². The Bertz CT molecular complexity index is 1170. The van der Waals surface area contributed by atoms with Crippen molar-refractivity contribution in [3.63, 3.8) is 0 Å². The van der Waals surface area contributed by atoms with Crippen LogP contribution in [0.2, 0.25) is 0 Å². The van der Waals surface area contributed by atoms with Gasteiger partial charge in [-0.3, -0.25) is 4.79 Å². The molecule has 0 saturated heterocycles. The summed E-state index contributed by atoms with van der Waals surface area (Å²) < 4.78 is 5.86. The van der Waals surface area contributed by atoms with Gasteiger partial charge in [0.25, 0.3) is 0 Å². The molecular weight excluding hydrogens is 438 g/mol. The van der Waals surface area contributed by atoms with Crippen LogP contribution >= 0.6 is 23.1 Å². The zero-order valence-corrected chi connectivity index (χ0v) is 17.8. The number of H-pyrrole nitrogens is 1. The van der Waals surface area contributed by atoms with Crippen molar-refractivity contribution >= 4 is 51.0 Å². The SMILES string of the molecule is O=C(CSc1nnc(NCc2ccco2)s1)N[C@@H](Cc1c[nH]c2ccccc12)C(=O)O. The third kappa shape index (κ3) is 5.44. The topological polar surface area (TPSA) is 133 Å². The minimum absolute atomic E-state index is 0.0461. The van der Waals surface area contributed by atoms with Crippen molar-refractivity contribution in [3.8, 4) is 0 Å². The largest absolute Gasteiger partial charge is 0.480 e. The molecule has 31 heavy (non-hydrogen) atoms. The summed E-state index contributed by atoms with van der Waals surface area (Å²) >= 11 is 2.52. The molecule has 3 heterocycles. The highest BCUT2D eigenvalue weighted by atomic mass is 32.2. The Morgan fingerprint density at radius 1 is 1.23 bits per heavy atom. The van der Waals surface area contributed by atoms with E-state index < -0.39 is 12.0 Å². The number of furan rings is 1. The third-order valence-corrected chi connectivity index (χ3v) is 6.47. The maximum absolute atomic E-state index is 12.3. The number of benzene rings is 1. The highest BCUT2D eigenvalue weighted by Gasteiger charge is 2.22. The fourth-order valence-electron chi connectivity index (χ4n) is 3.00. The van der Waals surface area contributed by atoms with Crippen LogP contribution in [0.25, 0.3) is 10.9 Å². The molecular formula is C20H19N5O4S2. The quantitative estimate of drug-likeness (QED) is 0.267. The van der Waals surface area contributed by atoms with Crippen LogP contribution in [0.1, 0.15) is 11.3 Å². The van der Waals surface area contributed by atoms with Gasteiger partial charge in [0.15, 0.2) is 4.34 Å². The van der Waals surface area contributed by atoms with Gasteiger partial charge in [0.2, 0.25) is 11.0 Å². The second-order valence-electron chi connectivity index (χ2n) is 6.62. The zero-order valence-electron chi connectivity index (χ0n) is 16.2. The number of nitrogens with zero attached hydrogens (tertiary/aromatic N) is 2. The summed E-state index contributed by atoms with van der Waals surface area (Å²) in [4.78, 5) is 27.1. The van der Waals surface area contributed by atoms with E-state index in [1.807, 2.05) is 30.3 Å². The summed E-state index contributed by atoms with van der Waals surface area (Å²) in [7, 11) is 0. The van der Waals surface area contributed by atoms with Gasteiger partial charge in [-0.15, -0.1) is 10.2 Å². The number of carboxylic acid groups (broad SMARTS) is 1. The van der Waals surface area contributed by atoms with Gasteiger partial charge in [-0.25, -0.2) is 4.79 Å². The average molecular weight is 458 g/mol. The number of aromatic nitrogens is 3. The molecule has 4 rings (SSSR count). The number of hydrogen-bond donors (Lipinski definition) is 4. The summed E-state index contributed by atoms with van der Waals surface area (Å²) in [5, 5.41) is 24.9. The number of nitrogens with one attached hydrogen (secondary N) is 3. The maximum Gasteiger partial charge on any atom is 0.326 e. The van der Waals surface area contributed by atoms with E-state index in [1.54, 1.807) is 18.5 Å². The Balaban J connectivity index is 1.29. The van der Waals surface area contributed by atoms with E-state index in [1.165, 1.54) is 23.1 Å². The first-order chi connectivity index (χ1) is 15.1. The number of aromatic amines is 1. The number of fused-ring (bicyclic) bond motifs is 1. The van der Waals surface area contributed by atoms with E-state index in [0.717, 1.165) is 22.2 Å². The fourth-order valence-corrected chi connectivity index (χ4v) is 4.56. The second kappa shape index (κ2) is 9.67. The Morgan fingerprint density at radius 3 is 2.90 bits per heavy atom. The Kier molecular flexibility index (Phi) is 6.53. The van der Waals surface area contributed by atoms with Crippen LogP contribution in [0.4, 0.5) is 5.13 Å². The maximum atomic E-state index is 12.3. The van der Waals surface area contributed by atoms with Crippen molar-refractivity contribution in [2.24, 2.45) is 0 Å². The van der Waals surface area contributed by atoms with Crippen molar-refractivity contribution in [1.29, 1.82) is 0 Å². The first kappa shape index (κ1) is 20.9.